The van der Waals surface area contributed by atoms with Crippen LogP contribution in [0.15, 0.2) is 60.8 Å². The first-order valence-electron chi connectivity index (χ1n) is 10.1. The van der Waals surface area contributed by atoms with Gasteiger partial charge in [-0.2, -0.15) is 0 Å². The lowest BCUT2D eigenvalue weighted by atomic mass is 9.90. The van der Waals surface area contributed by atoms with E-state index in [4.69, 9.17) is 0 Å². The van der Waals surface area contributed by atoms with Crippen LogP contribution in [0.5, 0.6) is 0 Å². The van der Waals surface area contributed by atoms with E-state index in [1.54, 1.807) is 0 Å². The highest BCUT2D eigenvalue weighted by molar-refractivity contribution is 5.93. The first-order valence-corrected chi connectivity index (χ1v) is 10.1. The molecule has 0 spiro atoms. The van der Waals surface area contributed by atoms with Gasteiger partial charge in [0.15, 0.2) is 5.82 Å². The third kappa shape index (κ3) is 4.45. The summed E-state index contributed by atoms with van der Waals surface area (Å²) >= 11 is 0. The summed E-state index contributed by atoms with van der Waals surface area (Å²) in [5.74, 6) is 0.722. The van der Waals surface area contributed by atoms with E-state index in [2.05, 4.69) is 39.1 Å². The molecule has 1 aliphatic heterocycles. The predicted octanol–water partition coefficient (Wildman–Crippen LogP) is 4.61. The molecule has 0 bridgehead atoms. The van der Waals surface area contributed by atoms with Crippen molar-refractivity contribution in [3.05, 3.63) is 77.5 Å². The van der Waals surface area contributed by atoms with Gasteiger partial charge in [-0.3, -0.25) is 0 Å². The summed E-state index contributed by atoms with van der Waals surface area (Å²) in [5, 5.41) is 9.63. The van der Waals surface area contributed by atoms with Gasteiger partial charge in [0.05, 0.1) is 0 Å². The highest BCUT2D eigenvalue weighted by Crippen LogP contribution is 2.28. The molecule has 3 aromatic rings. The topological polar surface area (TPSA) is 66.3 Å². The van der Waals surface area contributed by atoms with Crippen molar-refractivity contribution in [2.24, 2.45) is 5.92 Å². The van der Waals surface area contributed by atoms with Gasteiger partial charge < -0.3 is 10.0 Å². The van der Waals surface area contributed by atoms with Gasteiger partial charge >= 0.3 is 5.97 Å². The molecule has 0 amide bonds. The highest BCUT2D eigenvalue weighted by Gasteiger charge is 2.25. The van der Waals surface area contributed by atoms with Gasteiger partial charge in [-0.1, -0.05) is 60.2 Å². The van der Waals surface area contributed by atoms with Crippen LogP contribution in [-0.4, -0.2) is 34.1 Å². The maximum Gasteiger partial charge on any atom is 0.341 e. The Bertz CT molecular complexity index is 979. The number of carbonyl (C=O) groups is 1. The van der Waals surface area contributed by atoms with Gasteiger partial charge in [0.2, 0.25) is 0 Å². The fourth-order valence-corrected chi connectivity index (χ4v) is 3.90. The van der Waals surface area contributed by atoms with Crippen molar-refractivity contribution in [2.75, 3.05) is 18.0 Å². The number of aryl methyl sites for hydroxylation is 1. The lowest BCUT2D eigenvalue weighted by molar-refractivity contribution is 0.0696. The summed E-state index contributed by atoms with van der Waals surface area (Å²) in [5.41, 5.74) is 3.59. The summed E-state index contributed by atoms with van der Waals surface area (Å²) < 4.78 is 0. The Morgan fingerprint density at radius 2 is 1.76 bits per heavy atom. The van der Waals surface area contributed by atoms with Crippen LogP contribution in [0.3, 0.4) is 0 Å². The molecule has 29 heavy (non-hydrogen) atoms. The van der Waals surface area contributed by atoms with Gasteiger partial charge in [-0.15, -0.1) is 0 Å². The van der Waals surface area contributed by atoms with Gasteiger partial charge in [0, 0.05) is 24.8 Å². The molecule has 4 rings (SSSR count). The molecule has 0 aliphatic carbocycles. The maximum absolute atomic E-state index is 11.8. The van der Waals surface area contributed by atoms with Crippen LogP contribution < -0.4 is 4.90 Å². The van der Waals surface area contributed by atoms with Gasteiger partial charge in [0.25, 0.3) is 0 Å². The highest BCUT2D eigenvalue weighted by atomic mass is 16.4. The quantitative estimate of drug-likeness (QED) is 0.692. The van der Waals surface area contributed by atoms with Crippen molar-refractivity contribution in [1.29, 1.82) is 0 Å². The van der Waals surface area contributed by atoms with E-state index >= 15 is 0 Å². The fourth-order valence-electron chi connectivity index (χ4n) is 3.90. The second-order valence-electron chi connectivity index (χ2n) is 7.72. The average molecular weight is 387 g/mol. The standard InChI is InChI=1S/C24H25N3O2/c1-17-7-9-20(10-8-17)22-25-16-21(24(28)29)23(26-22)27-13-11-19(12-14-27)15-18-5-3-2-4-6-18/h2-10,16,19H,11-15H2,1H3,(H,28,29). The molecule has 5 nitrogen and oxygen atoms in total. The van der Waals surface area contributed by atoms with Gasteiger partial charge in [-0.25, -0.2) is 14.8 Å². The monoisotopic (exact) mass is 387 g/mol. The molecule has 1 N–H and O–H groups in total. The molecule has 2 heterocycles. The Balaban J connectivity index is 1.53. The minimum atomic E-state index is -0.984. The van der Waals surface area contributed by atoms with E-state index in [0.717, 1.165) is 43.5 Å². The summed E-state index contributed by atoms with van der Waals surface area (Å²) in [4.78, 5) is 22.8. The van der Waals surface area contributed by atoms with E-state index in [9.17, 15) is 9.90 Å². The summed E-state index contributed by atoms with van der Waals surface area (Å²) in [6.45, 7) is 3.65. The van der Waals surface area contributed by atoms with Crippen molar-refractivity contribution in [1.82, 2.24) is 9.97 Å². The first-order chi connectivity index (χ1) is 14.1. The summed E-state index contributed by atoms with van der Waals surface area (Å²) in [6.07, 6.45) is 4.56. The fraction of sp³-hybridized carbons (Fsp3) is 0.292. The molecule has 0 atom stereocenters. The second-order valence-corrected chi connectivity index (χ2v) is 7.72. The number of rotatable bonds is 5. The van der Waals surface area contributed by atoms with Crippen LogP contribution in [0.2, 0.25) is 0 Å². The molecule has 0 radical (unpaired) electrons. The number of nitrogens with zero attached hydrogens (tertiary/aromatic N) is 3. The Morgan fingerprint density at radius 1 is 1.07 bits per heavy atom. The molecule has 5 heteroatoms. The molecular formula is C24H25N3O2. The molecule has 148 valence electrons. The number of carboxylic acids is 1. The smallest absolute Gasteiger partial charge is 0.341 e. The third-order valence-electron chi connectivity index (χ3n) is 5.59. The number of carboxylic acid groups (broad SMARTS) is 1. The van der Waals surface area contributed by atoms with E-state index in [-0.39, 0.29) is 5.56 Å². The van der Waals surface area contributed by atoms with Crippen LogP contribution in [-0.2, 0) is 6.42 Å². The molecule has 1 saturated heterocycles. The van der Waals surface area contributed by atoms with E-state index in [0.29, 0.717) is 17.6 Å². The zero-order chi connectivity index (χ0) is 20.2. The Labute approximate surface area is 171 Å². The largest absolute Gasteiger partial charge is 0.477 e. The van der Waals surface area contributed by atoms with Crippen LogP contribution in [0.4, 0.5) is 5.82 Å². The van der Waals surface area contributed by atoms with E-state index in [1.807, 2.05) is 37.3 Å². The van der Waals surface area contributed by atoms with Crippen LogP contribution in [0, 0.1) is 12.8 Å². The average Bonchev–Trinajstić information content (AvgIpc) is 2.75. The first kappa shape index (κ1) is 19.1. The Kier molecular flexibility index (Phi) is 5.56. The molecule has 1 aromatic heterocycles. The summed E-state index contributed by atoms with van der Waals surface area (Å²) in [7, 11) is 0. The van der Waals surface area contributed by atoms with E-state index in [1.165, 1.54) is 11.8 Å². The zero-order valence-corrected chi connectivity index (χ0v) is 16.6. The zero-order valence-electron chi connectivity index (χ0n) is 16.6. The molecular weight excluding hydrogens is 362 g/mol. The molecule has 2 aromatic carbocycles. The summed E-state index contributed by atoms with van der Waals surface area (Å²) in [6, 6.07) is 18.5. The maximum atomic E-state index is 11.8. The second kappa shape index (κ2) is 8.43. The molecule has 0 unspecified atom stereocenters. The Hall–Kier alpha value is -3.21. The SMILES string of the molecule is Cc1ccc(-c2ncc(C(=O)O)c(N3CCC(Cc4ccccc4)CC3)n2)cc1. The number of benzene rings is 2. The number of hydrogen-bond acceptors (Lipinski definition) is 4. The van der Waals surface area contributed by atoms with Crippen molar-refractivity contribution < 1.29 is 9.90 Å². The number of anilines is 1. The lowest BCUT2D eigenvalue weighted by Gasteiger charge is -2.33. The normalized spacial score (nSPS) is 14.7. The third-order valence-corrected chi connectivity index (χ3v) is 5.59. The minimum absolute atomic E-state index is 0.169. The van der Waals surface area contributed by atoms with E-state index < -0.39 is 5.97 Å². The molecule has 1 fully saturated rings. The number of piperidine rings is 1. The van der Waals surface area contributed by atoms with Crippen LogP contribution in [0.1, 0.15) is 34.3 Å². The number of hydrogen-bond donors (Lipinski definition) is 1. The van der Waals surface area contributed by atoms with Crippen molar-refractivity contribution in [3.8, 4) is 11.4 Å². The van der Waals surface area contributed by atoms with Crippen LogP contribution in [0.25, 0.3) is 11.4 Å². The van der Waals surface area contributed by atoms with Crippen LogP contribution >= 0.6 is 0 Å². The minimum Gasteiger partial charge on any atom is -0.477 e. The van der Waals surface area contributed by atoms with Crippen molar-refractivity contribution >= 4 is 11.8 Å². The van der Waals surface area contributed by atoms with Crippen molar-refractivity contribution in [2.45, 2.75) is 26.2 Å². The molecule has 1 aliphatic rings. The number of aromatic carboxylic acids is 1. The Morgan fingerprint density at radius 3 is 2.41 bits per heavy atom. The molecule has 0 saturated carbocycles. The lowest BCUT2D eigenvalue weighted by Crippen LogP contribution is -2.36. The number of aromatic nitrogens is 2. The van der Waals surface area contributed by atoms with Gasteiger partial charge in [0.1, 0.15) is 11.4 Å². The van der Waals surface area contributed by atoms with Crippen molar-refractivity contribution in [3.63, 3.8) is 0 Å². The predicted molar refractivity (Wildman–Crippen MR) is 114 cm³/mol. The van der Waals surface area contributed by atoms with Gasteiger partial charge in [-0.05, 0) is 37.7 Å².